The maximum absolute atomic E-state index is 6.18. The zero-order valence-electron chi connectivity index (χ0n) is 11.2. The highest BCUT2D eigenvalue weighted by Gasteiger charge is 2.59. The van der Waals surface area contributed by atoms with Crippen molar-refractivity contribution < 1.29 is 13.9 Å². The standard InChI is InChI=1S/C15H19O3Si/c1-11-7-15(10-18-19)14(13(11)9-17-15)16-8-12-5-3-2-4-6-12/h2-6,11,13-14H,7-10H2,1H3/t11?,13-,14-,15+/m1/s1. The zero-order chi connectivity index (χ0) is 13.3. The van der Waals surface area contributed by atoms with Crippen LogP contribution in [0.5, 0.6) is 0 Å². The minimum Gasteiger partial charge on any atom is -0.416 e. The van der Waals surface area contributed by atoms with Crippen LogP contribution in [0.2, 0.25) is 0 Å². The summed E-state index contributed by atoms with van der Waals surface area (Å²) in [6, 6.07) is 10.3. The largest absolute Gasteiger partial charge is 0.416 e. The number of hydrogen-bond donors (Lipinski definition) is 0. The van der Waals surface area contributed by atoms with Crippen molar-refractivity contribution in [2.45, 2.75) is 31.7 Å². The molecule has 3 nitrogen and oxygen atoms in total. The summed E-state index contributed by atoms with van der Waals surface area (Å²) in [7, 11) is 3.11. The van der Waals surface area contributed by atoms with E-state index in [4.69, 9.17) is 13.9 Å². The Morgan fingerprint density at radius 2 is 2.16 bits per heavy atom. The normalized spacial score (nSPS) is 36.8. The molecule has 1 aromatic rings. The van der Waals surface area contributed by atoms with Crippen LogP contribution in [0.4, 0.5) is 0 Å². The Hall–Kier alpha value is -0.683. The van der Waals surface area contributed by atoms with Crippen LogP contribution in [0.3, 0.4) is 0 Å². The van der Waals surface area contributed by atoms with Gasteiger partial charge in [0.05, 0.1) is 25.9 Å². The molecule has 1 heterocycles. The smallest absolute Gasteiger partial charge is 0.246 e. The fourth-order valence-electron chi connectivity index (χ4n) is 3.50. The molecule has 3 rings (SSSR count). The topological polar surface area (TPSA) is 27.7 Å². The lowest BCUT2D eigenvalue weighted by molar-refractivity contribution is -0.108. The van der Waals surface area contributed by atoms with Gasteiger partial charge in [-0.15, -0.1) is 0 Å². The Labute approximate surface area is 117 Å². The molecule has 2 aliphatic rings. The van der Waals surface area contributed by atoms with Crippen molar-refractivity contribution in [1.29, 1.82) is 0 Å². The second-order valence-corrected chi connectivity index (χ2v) is 6.02. The predicted octanol–water partition coefficient (Wildman–Crippen LogP) is 2.10. The Balaban J connectivity index is 1.69. The molecule has 0 N–H and O–H groups in total. The van der Waals surface area contributed by atoms with Crippen LogP contribution in [-0.4, -0.2) is 35.4 Å². The van der Waals surface area contributed by atoms with Gasteiger partial charge in [-0.1, -0.05) is 37.3 Å². The van der Waals surface area contributed by atoms with Gasteiger partial charge in [0, 0.05) is 5.92 Å². The molecule has 1 unspecified atom stereocenters. The number of rotatable bonds is 5. The van der Waals surface area contributed by atoms with Crippen LogP contribution in [0.25, 0.3) is 0 Å². The van der Waals surface area contributed by atoms with E-state index in [0.717, 1.165) is 13.0 Å². The zero-order valence-corrected chi connectivity index (χ0v) is 12.2. The lowest BCUT2D eigenvalue weighted by atomic mass is 9.98. The molecule has 19 heavy (non-hydrogen) atoms. The van der Waals surface area contributed by atoms with E-state index in [0.29, 0.717) is 25.0 Å². The number of fused-ring (bicyclic) bond motifs is 2. The molecule has 4 atom stereocenters. The molecule has 2 bridgehead atoms. The van der Waals surface area contributed by atoms with Gasteiger partial charge in [0.15, 0.2) is 0 Å². The lowest BCUT2D eigenvalue weighted by Gasteiger charge is -2.30. The number of benzene rings is 1. The quantitative estimate of drug-likeness (QED) is 0.770. The minimum atomic E-state index is -0.263. The van der Waals surface area contributed by atoms with Crippen LogP contribution in [-0.2, 0) is 20.5 Å². The molecule has 1 saturated carbocycles. The van der Waals surface area contributed by atoms with Crippen LogP contribution in [0.1, 0.15) is 18.9 Å². The van der Waals surface area contributed by atoms with Gasteiger partial charge in [0.25, 0.3) is 0 Å². The van der Waals surface area contributed by atoms with E-state index >= 15 is 0 Å². The summed E-state index contributed by atoms with van der Waals surface area (Å²) in [4.78, 5) is 0. The van der Waals surface area contributed by atoms with Gasteiger partial charge in [-0.2, -0.15) is 0 Å². The molecule has 3 radical (unpaired) electrons. The Morgan fingerprint density at radius 1 is 1.37 bits per heavy atom. The van der Waals surface area contributed by atoms with E-state index in [1.165, 1.54) is 5.56 Å². The molecule has 0 amide bonds. The van der Waals surface area contributed by atoms with Crippen LogP contribution in [0.15, 0.2) is 30.3 Å². The van der Waals surface area contributed by atoms with Crippen molar-refractivity contribution in [3.05, 3.63) is 35.9 Å². The summed E-state index contributed by atoms with van der Waals surface area (Å²) in [5.74, 6) is 1.13. The van der Waals surface area contributed by atoms with Gasteiger partial charge < -0.3 is 13.9 Å². The van der Waals surface area contributed by atoms with Crippen molar-refractivity contribution in [1.82, 2.24) is 0 Å². The fraction of sp³-hybridized carbons (Fsp3) is 0.600. The Morgan fingerprint density at radius 3 is 2.84 bits per heavy atom. The average molecular weight is 275 g/mol. The summed E-state index contributed by atoms with van der Waals surface area (Å²) in [6.45, 7) is 4.25. The predicted molar refractivity (Wildman–Crippen MR) is 72.7 cm³/mol. The van der Waals surface area contributed by atoms with Crippen LogP contribution >= 0.6 is 0 Å². The molecular formula is C15H19O3Si. The van der Waals surface area contributed by atoms with Crippen molar-refractivity contribution in [3.63, 3.8) is 0 Å². The molecule has 101 valence electrons. The monoisotopic (exact) mass is 275 g/mol. The van der Waals surface area contributed by atoms with Gasteiger partial charge in [-0.05, 0) is 17.9 Å². The van der Waals surface area contributed by atoms with Crippen molar-refractivity contribution in [2.24, 2.45) is 11.8 Å². The third-order valence-electron chi connectivity index (χ3n) is 4.46. The maximum Gasteiger partial charge on any atom is 0.246 e. The molecule has 1 aliphatic carbocycles. The molecule has 1 aromatic carbocycles. The first kappa shape index (κ1) is 13.3. The van der Waals surface area contributed by atoms with E-state index in [2.05, 4.69) is 29.5 Å². The van der Waals surface area contributed by atoms with Crippen molar-refractivity contribution in [2.75, 3.05) is 13.2 Å². The number of hydrogen-bond acceptors (Lipinski definition) is 3. The van der Waals surface area contributed by atoms with Crippen LogP contribution < -0.4 is 0 Å². The highest BCUT2D eigenvalue weighted by molar-refractivity contribution is 5.98. The maximum atomic E-state index is 6.18. The summed E-state index contributed by atoms with van der Waals surface area (Å²) in [5.41, 5.74) is 0.941. The van der Waals surface area contributed by atoms with E-state index < -0.39 is 0 Å². The fourth-order valence-corrected chi connectivity index (χ4v) is 3.74. The van der Waals surface area contributed by atoms with Gasteiger partial charge in [0.1, 0.15) is 5.60 Å². The molecule has 0 aromatic heterocycles. The second-order valence-electron chi connectivity index (χ2n) is 5.73. The van der Waals surface area contributed by atoms with E-state index in [-0.39, 0.29) is 11.7 Å². The first-order chi connectivity index (χ1) is 9.25. The summed E-state index contributed by atoms with van der Waals surface area (Å²) in [5, 5.41) is 0. The highest BCUT2D eigenvalue weighted by atomic mass is 28.2. The van der Waals surface area contributed by atoms with Gasteiger partial charge in [0.2, 0.25) is 10.5 Å². The summed E-state index contributed by atoms with van der Waals surface area (Å²) < 4.78 is 17.3. The summed E-state index contributed by atoms with van der Waals surface area (Å²) in [6.07, 6.45) is 1.15. The van der Waals surface area contributed by atoms with Crippen molar-refractivity contribution in [3.8, 4) is 0 Å². The molecule has 2 fully saturated rings. The van der Waals surface area contributed by atoms with Gasteiger partial charge in [-0.3, -0.25) is 0 Å². The molecule has 4 heteroatoms. The van der Waals surface area contributed by atoms with Gasteiger partial charge >= 0.3 is 0 Å². The first-order valence-corrected chi connectivity index (χ1v) is 7.24. The minimum absolute atomic E-state index is 0.138. The molecule has 0 spiro atoms. The Bertz CT molecular complexity index is 425. The number of ether oxygens (including phenoxy) is 2. The third kappa shape index (κ3) is 2.38. The second kappa shape index (κ2) is 5.36. The summed E-state index contributed by atoms with van der Waals surface area (Å²) >= 11 is 0. The average Bonchev–Trinajstić information content (AvgIpc) is 2.88. The van der Waals surface area contributed by atoms with E-state index in [1.807, 2.05) is 18.2 Å². The van der Waals surface area contributed by atoms with Crippen molar-refractivity contribution >= 4 is 10.5 Å². The lowest BCUT2D eigenvalue weighted by Crippen LogP contribution is -2.42. The van der Waals surface area contributed by atoms with E-state index in [1.54, 1.807) is 0 Å². The van der Waals surface area contributed by atoms with Gasteiger partial charge in [-0.25, -0.2) is 0 Å². The van der Waals surface area contributed by atoms with E-state index in [9.17, 15) is 0 Å². The SMILES string of the molecule is CC1C[C@@]2(CO[Si])OC[C@H]1[C@H]2OCc1ccccc1. The molecule has 1 aliphatic heterocycles. The van der Waals surface area contributed by atoms with Crippen LogP contribution in [0, 0.1) is 11.8 Å². The molecule has 1 saturated heterocycles. The third-order valence-corrected chi connectivity index (χ3v) is 4.60. The Kier molecular flexibility index (Phi) is 3.76. The first-order valence-electron chi connectivity index (χ1n) is 6.83. The molecular weight excluding hydrogens is 256 g/mol. The highest BCUT2D eigenvalue weighted by Crippen LogP contribution is 2.49.